The van der Waals surface area contributed by atoms with E-state index in [0.29, 0.717) is 5.16 Å². The molecule has 0 bridgehead atoms. The minimum atomic E-state index is -0.894. The SMILES string of the molecule is CC(Sc1n[nH]c(=O)n1C1CC1)C(=O)NC(N)=O. The number of amides is 3. The van der Waals surface area contributed by atoms with Crippen LogP contribution in [0, 0.1) is 0 Å². The van der Waals surface area contributed by atoms with Gasteiger partial charge in [0.1, 0.15) is 0 Å². The molecule has 3 amide bonds. The minimum Gasteiger partial charge on any atom is -0.351 e. The van der Waals surface area contributed by atoms with Crippen molar-refractivity contribution < 1.29 is 9.59 Å². The number of aromatic nitrogens is 3. The van der Waals surface area contributed by atoms with Gasteiger partial charge in [-0.1, -0.05) is 11.8 Å². The Hall–Kier alpha value is -1.77. The second kappa shape index (κ2) is 4.84. The summed E-state index contributed by atoms with van der Waals surface area (Å²) in [5.41, 5.74) is 4.58. The molecule has 0 aliphatic heterocycles. The fourth-order valence-corrected chi connectivity index (χ4v) is 2.39. The molecule has 1 aliphatic carbocycles. The first-order valence-electron chi connectivity index (χ1n) is 5.43. The van der Waals surface area contributed by atoms with Gasteiger partial charge in [0.15, 0.2) is 5.16 Å². The maximum Gasteiger partial charge on any atom is 0.344 e. The fraction of sp³-hybridized carbons (Fsp3) is 0.556. The van der Waals surface area contributed by atoms with E-state index in [1.165, 1.54) is 0 Å². The van der Waals surface area contributed by atoms with Gasteiger partial charge in [0, 0.05) is 6.04 Å². The lowest BCUT2D eigenvalue weighted by Gasteiger charge is -2.09. The number of primary amides is 1. The normalized spacial score (nSPS) is 16.3. The van der Waals surface area contributed by atoms with Crippen molar-refractivity contribution in [3.05, 3.63) is 10.5 Å². The van der Waals surface area contributed by atoms with E-state index < -0.39 is 17.2 Å². The number of carbonyl (C=O) groups is 2. The molecule has 8 nitrogen and oxygen atoms in total. The van der Waals surface area contributed by atoms with E-state index in [-0.39, 0.29) is 11.7 Å². The molecular weight excluding hydrogens is 258 g/mol. The summed E-state index contributed by atoms with van der Waals surface area (Å²) in [7, 11) is 0. The van der Waals surface area contributed by atoms with Crippen molar-refractivity contribution in [1.29, 1.82) is 0 Å². The van der Waals surface area contributed by atoms with E-state index in [9.17, 15) is 14.4 Å². The molecule has 1 unspecified atom stereocenters. The molecule has 0 saturated heterocycles. The van der Waals surface area contributed by atoms with Crippen LogP contribution in [-0.2, 0) is 4.79 Å². The topological polar surface area (TPSA) is 123 Å². The number of H-pyrrole nitrogens is 1. The highest BCUT2D eigenvalue weighted by Crippen LogP contribution is 2.36. The van der Waals surface area contributed by atoms with Gasteiger partial charge in [-0.25, -0.2) is 14.7 Å². The summed E-state index contributed by atoms with van der Waals surface area (Å²) >= 11 is 1.11. The van der Waals surface area contributed by atoms with E-state index >= 15 is 0 Å². The third-order valence-electron chi connectivity index (χ3n) is 2.48. The average Bonchev–Trinajstić information content (AvgIpc) is 3.04. The van der Waals surface area contributed by atoms with Crippen LogP contribution in [0.2, 0.25) is 0 Å². The predicted molar refractivity (Wildman–Crippen MR) is 64.2 cm³/mol. The molecule has 1 atom stereocenters. The Morgan fingerprint density at radius 2 is 2.28 bits per heavy atom. The molecule has 98 valence electrons. The number of urea groups is 1. The number of rotatable bonds is 4. The fourth-order valence-electron chi connectivity index (χ4n) is 1.46. The van der Waals surface area contributed by atoms with Crippen LogP contribution in [-0.4, -0.2) is 32.0 Å². The number of imide groups is 1. The van der Waals surface area contributed by atoms with Crippen LogP contribution in [0.15, 0.2) is 9.95 Å². The molecule has 9 heteroatoms. The second-order valence-corrected chi connectivity index (χ2v) is 5.33. The van der Waals surface area contributed by atoms with Gasteiger partial charge in [-0.05, 0) is 19.8 Å². The monoisotopic (exact) mass is 271 g/mol. The first-order valence-corrected chi connectivity index (χ1v) is 6.31. The van der Waals surface area contributed by atoms with Gasteiger partial charge < -0.3 is 5.73 Å². The molecule has 4 N–H and O–H groups in total. The van der Waals surface area contributed by atoms with Crippen molar-refractivity contribution in [2.75, 3.05) is 0 Å². The lowest BCUT2D eigenvalue weighted by atomic mass is 10.4. The molecule has 0 aromatic carbocycles. The Kier molecular flexibility index (Phi) is 3.41. The number of nitrogens with two attached hydrogens (primary N) is 1. The highest BCUT2D eigenvalue weighted by molar-refractivity contribution is 8.00. The van der Waals surface area contributed by atoms with Crippen LogP contribution in [0.1, 0.15) is 25.8 Å². The zero-order valence-corrected chi connectivity index (χ0v) is 10.5. The molecular formula is C9H13N5O3S. The zero-order valence-electron chi connectivity index (χ0n) is 9.67. The Balaban J connectivity index is 2.07. The quantitative estimate of drug-likeness (QED) is 0.642. The molecule has 0 spiro atoms. The molecule has 2 rings (SSSR count). The largest absolute Gasteiger partial charge is 0.351 e. The van der Waals surface area contributed by atoms with Crippen molar-refractivity contribution in [1.82, 2.24) is 20.1 Å². The van der Waals surface area contributed by atoms with E-state index in [4.69, 9.17) is 5.73 Å². The van der Waals surface area contributed by atoms with Gasteiger partial charge >= 0.3 is 11.7 Å². The van der Waals surface area contributed by atoms with Crippen LogP contribution >= 0.6 is 11.8 Å². The third-order valence-corrected chi connectivity index (χ3v) is 3.55. The number of hydrogen-bond acceptors (Lipinski definition) is 5. The van der Waals surface area contributed by atoms with Crippen LogP contribution in [0.5, 0.6) is 0 Å². The van der Waals surface area contributed by atoms with E-state index in [1.807, 2.05) is 5.32 Å². The highest BCUT2D eigenvalue weighted by atomic mass is 32.2. The Morgan fingerprint density at radius 3 is 2.83 bits per heavy atom. The number of nitrogens with one attached hydrogen (secondary N) is 2. The van der Waals surface area contributed by atoms with E-state index in [2.05, 4.69) is 10.2 Å². The predicted octanol–water partition coefficient (Wildman–Crippen LogP) is -0.418. The van der Waals surface area contributed by atoms with Gasteiger partial charge in [-0.15, -0.1) is 5.10 Å². The van der Waals surface area contributed by atoms with Gasteiger partial charge in [0.2, 0.25) is 5.91 Å². The first kappa shape index (κ1) is 12.7. The molecule has 1 saturated carbocycles. The first-order chi connectivity index (χ1) is 8.49. The summed E-state index contributed by atoms with van der Waals surface area (Å²) in [6.07, 6.45) is 1.88. The average molecular weight is 271 g/mol. The lowest BCUT2D eigenvalue weighted by Crippen LogP contribution is -2.39. The van der Waals surface area contributed by atoms with E-state index in [1.54, 1.807) is 11.5 Å². The summed E-state index contributed by atoms with van der Waals surface area (Å²) < 4.78 is 1.54. The number of hydrogen-bond donors (Lipinski definition) is 3. The van der Waals surface area contributed by atoms with Crippen LogP contribution in [0.25, 0.3) is 0 Å². The standard InChI is InChI=1S/C9H13N5O3S/c1-4(6(15)11-7(10)16)18-9-13-12-8(17)14(9)5-2-3-5/h4-5H,2-3H2,1H3,(H,12,17)(H3,10,11,15,16). The maximum atomic E-state index is 11.5. The smallest absolute Gasteiger partial charge is 0.344 e. The van der Waals surface area contributed by atoms with Gasteiger partial charge in [-0.2, -0.15) is 0 Å². The summed E-state index contributed by atoms with van der Waals surface area (Å²) in [6, 6.07) is -0.723. The second-order valence-electron chi connectivity index (χ2n) is 4.03. The Labute approximate surface area is 106 Å². The van der Waals surface area contributed by atoms with Crippen molar-refractivity contribution >= 4 is 23.7 Å². The molecule has 1 aromatic heterocycles. The van der Waals surface area contributed by atoms with Gasteiger partial charge in [0.25, 0.3) is 0 Å². The Morgan fingerprint density at radius 1 is 1.61 bits per heavy atom. The summed E-state index contributed by atoms with van der Waals surface area (Å²) in [5.74, 6) is -0.509. The maximum absolute atomic E-state index is 11.5. The molecule has 1 aromatic rings. The van der Waals surface area contributed by atoms with Crippen LogP contribution in [0.4, 0.5) is 4.79 Å². The van der Waals surface area contributed by atoms with Crippen LogP contribution in [0.3, 0.4) is 0 Å². The van der Waals surface area contributed by atoms with Crippen molar-refractivity contribution in [2.45, 2.75) is 36.2 Å². The molecule has 1 aliphatic rings. The van der Waals surface area contributed by atoms with Crippen molar-refractivity contribution in [3.8, 4) is 0 Å². The number of thioether (sulfide) groups is 1. The van der Waals surface area contributed by atoms with Crippen molar-refractivity contribution in [3.63, 3.8) is 0 Å². The molecule has 1 heterocycles. The van der Waals surface area contributed by atoms with Crippen molar-refractivity contribution in [2.24, 2.45) is 5.73 Å². The summed E-state index contributed by atoms with van der Waals surface area (Å²) in [5, 5.41) is 8.10. The van der Waals surface area contributed by atoms with Gasteiger partial charge in [-0.3, -0.25) is 14.7 Å². The minimum absolute atomic E-state index is 0.171. The summed E-state index contributed by atoms with van der Waals surface area (Å²) in [6.45, 7) is 1.61. The van der Waals surface area contributed by atoms with Crippen LogP contribution < -0.4 is 16.7 Å². The number of aromatic amines is 1. The number of carbonyl (C=O) groups excluding carboxylic acids is 2. The lowest BCUT2D eigenvalue weighted by molar-refractivity contribution is -0.119. The third kappa shape index (κ3) is 2.73. The Bertz CT molecular complexity index is 533. The summed E-state index contributed by atoms with van der Waals surface area (Å²) in [4.78, 5) is 33.6. The molecule has 0 radical (unpaired) electrons. The number of nitrogens with zero attached hydrogens (tertiary/aromatic N) is 2. The van der Waals surface area contributed by atoms with Gasteiger partial charge in [0.05, 0.1) is 5.25 Å². The molecule has 18 heavy (non-hydrogen) atoms. The highest BCUT2D eigenvalue weighted by Gasteiger charge is 2.30. The van der Waals surface area contributed by atoms with E-state index in [0.717, 1.165) is 24.6 Å². The zero-order chi connectivity index (χ0) is 13.3. The molecule has 1 fully saturated rings.